The van der Waals surface area contributed by atoms with Gasteiger partial charge in [0.15, 0.2) is 0 Å². The fraction of sp³-hybridized carbons (Fsp3) is 0.647. The van der Waals surface area contributed by atoms with Gasteiger partial charge in [0.25, 0.3) is 5.91 Å². The van der Waals surface area contributed by atoms with Gasteiger partial charge in [-0.25, -0.2) is 13.2 Å². The van der Waals surface area contributed by atoms with E-state index in [2.05, 4.69) is 0 Å². The minimum absolute atomic E-state index is 0.0866. The van der Waals surface area contributed by atoms with E-state index in [1.807, 2.05) is 6.92 Å². The molecule has 2 atom stereocenters. The summed E-state index contributed by atoms with van der Waals surface area (Å²) in [7, 11) is -2.05. The van der Waals surface area contributed by atoms with Crippen LogP contribution in [-0.4, -0.2) is 64.8 Å². The van der Waals surface area contributed by atoms with Crippen molar-refractivity contribution in [2.75, 3.05) is 19.6 Å². The molecule has 0 bridgehead atoms. The van der Waals surface area contributed by atoms with Crippen molar-refractivity contribution >= 4 is 21.9 Å². The fourth-order valence-electron chi connectivity index (χ4n) is 3.82. The first-order valence-electron chi connectivity index (χ1n) is 8.92. The lowest BCUT2D eigenvalue weighted by Gasteiger charge is -2.29. The number of nitrogens with zero attached hydrogens (tertiary/aromatic N) is 3. The number of aryl methyl sites for hydroxylation is 1. The van der Waals surface area contributed by atoms with Gasteiger partial charge in [-0.15, -0.1) is 0 Å². The van der Waals surface area contributed by atoms with Crippen molar-refractivity contribution in [2.24, 2.45) is 13.0 Å². The number of carboxylic acids is 1. The predicted molar refractivity (Wildman–Crippen MR) is 94.3 cm³/mol. The average Bonchev–Trinajstić information content (AvgIpc) is 3.21. The zero-order chi connectivity index (χ0) is 19.1. The third-order valence-electron chi connectivity index (χ3n) is 5.26. The number of hydrogen-bond acceptors (Lipinski definition) is 4. The molecule has 0 radical (unpaired) electrons. The van der Waals surface area contributed by atoms with E-state index in [1.165, 1.54) is 26.0 Å². The number of carboxylic acid groups (broad SMARTS) is 1. The molecule has 0 saturated carbocycles. The first kappa shape index (κ1) is 18.9. The van der Waals surface area contributed by atoms with E-state index in [1.54, 1.807) is 7.05 Å². The van der Waals surface area contributed by atoms with Crippen LogP contribution in [0.1, 0.15) is 43.1 Å². The smallest absolute Gasteiger partial charge is 0.326 e. The van der Waals surface area contributed by atoms with E-state index in [9.17, 15) is 23.1 Å². The molecular weight excluding hydrogens is 358 g/mol. The van der Waals surface area contributed by atoms with Gasteiger partial charge in [0.05, 0.1) is 0 Å². The Balaban J connectivity index is 1.87. The minimum atomic E-state index is -3.66. The lowest BCUT2D eigenvalue weighted by atomic mass is 10.0. The molecule has 3 heterocycles. The molecule has 1 amide bonds. The monoisotopic (exact) mass is 383 g/mol. The van der Waals surface area contributed by atoms with Crippen molar-refractivity contribution < 1.29 is 23.1 Å². The van der Waals surface area contributed by atoms with Gasteiger partial charge in [0.2, 0.25) is 10.0 Å². The zero-order valence-corrected chi connectivity index (χ0v) is 15.9. The first-order valence-corrected chi connectivity index (χ1v) is 10.4. The van der Waals surface area contributed by atoms with Crippen LogP contribution in [0.2, 0.25) is 0 Å². The van der Waals surface area contributed by atoms with E-state index in [0.717, 1.165) is 12.8 Å². The number of rotatable bonds is 4. The molecule has 2 saturated heterocycles. The van der Waals surface area contributed by atoms with E-state index in [-0.39, 0.29) is 10.6 Å². The number of carbonyl (C=O) groups excluding carboxylic acids is 1. The van der Waals surface area contributed by atoms with E-state index in [0.29, 0.717) is 38.4 Å². The van der Waals surface area contributed by atoms with Crippen LogP contribution in [0.15, 0.2) is 17.2 Å². The van der Waals surface area contributed by atoms with Crippen LogP contribution in [0.5, 0.6) is 0 Å². The molecule has 3 rings (SSSR count). The zero-order valence-electron chi connectivity index (χ0n) is 15.1. The largest absolute Gasteiger partial charge is 0.480 e. The first-order chi connectivity index (χ1) is 12.2. The van der Waals surface area contributed by atoms with Crippen LogP contribution < -0.4 is 0 Å². The van der Waals surface area contributed by atoms with Crippen LogP contribution in [0.25, 0.3) is 0 Å². The van der Waals surface area contributed by atoms with Gasteiger partial charge in [-0.1, -0.05) is 6.92 Å². The van der Waals surface area contributed by atoms with Crippen molar-refractivity contribution in [3.8, 4) is 0 Å². The second-order valence-electron chi connectivity index (χ2n) is 7.28. The van der Waals surface area contributed by atoms with Crippen LogP contribution >= 0.6 is 0 Å². The number of sulfonamides is 1. The van der Waals surface area contributed by atoms with Crippen molar-refractivity contribution in [2.45, 2.75) is 43.5 Å². The second kappa shape index (κ2) is 7.03. The maximum atomic E-state index is 12.9. The maximum absolute atomic E-state index is 12.9. The summed E-state index contributed by atoms with van der Waals surface area (Å²) in [6.45, 7) is 3.36. The van der Waals surface area contributed by atoms with E-state index >= 15 is 0 Å². The third kappa shape index (κ3) is 3.37. The summed E-state index contributed by atoms with van der Waals surface area (Å²) in [6, 6.07) is 0.522. The summed E-state index contributed by atoms with van der Waals surface area (Å²) in [4.78, 5) is 25.5. The number of carbonyl (C=O) groups is 2. The number of aliphatic carboxylic acids is 1. The predicted octanol–water partition coefficient (Wildman–Crippen LogP) is 1.13. The number of amides is 1. The molecular formula is C17H25N3O5S. The summed E-state index contributed by atoms with van der Waals surface area (Å²) < 4.78 is 28.8. The van der Waals surface area contributed by atoms with Crippen LogP contribution in [0.3, 0.4) is 0 Å². The third-order valence-corrected chi connectivity index (χ3v) is 7.09. The molecule has 0 spiro atoms. The highest BCUT2D eigenvalue weighted by Gasteiger charge is 2.36. The summed E-state index contributed by atoms with van der Waals surface area (Å²) >= 11 is 0. The van der Waals surface area contributed by atoms with Gasteiger partial charge >= 0.3 is 5.97 Å². The van der Waals surface area contributed by atoms with E-state index < -0.39 is 27.9 Å². The second-order valence-corrected chi connectivity index (χ2v) is 9.22. The molecule has 2 aliphatic heterocycles. The summed E-state index contributed by atoms with van der Waals surface area (Å²) in [5, 5.41) is 9.27. The molecule has 144 valence electrons. The Kier molecular flexibility index (Phi) is 5.12. The highest BCUT2D eigenvalue weighted by Crippen LogP contribution is 2.26. The van der Waals surface area contributed by atoms with Crippen LogP contribution in [0.4, 0.5) is 0 Å². The van der Waals surface area contributed by atoms with Crippen molar-refractivity contribution in [3.63, 3.8) is 0 Å². The number of likely N-dealkylation sites (tertiary alicyclic amines) is 1. The Hall–Kier alpha value is -1.87. The Labute approximate surface area is 153 Å². The summed E-state index contributed by atoms with van der Waals surface area (Å²) in [6.07, 6.45) is 4.32. The Bertz CT molecular complexity index is 816. The van der Waals surface area contributed by atoms with Crippen molar-refractivity contribution in [1.82, 2.24) is 13.8 Å². The molecule has 1 aromatic rings. The molecule has 8 nitrogen and oxygen atoms in total. The molecule has 9 heteroatoms. The lowest BCUT2D eigenvalue weighted by Crippen LogP contribution is -2.41. The molecule has 0 aromatic carbocycles. The highest BCUT2D eigenvalue weighted by atomic mass is 32.2. The lowest BCUT2D eigenvalue weighted by molar-refractivity contribution is -0.141. The molecule has 2 aliphatic rings. The summed E-state index contributed by atoms with van der Waals surface area (Å²) in [5.74, 6) is -1.16. The average molecular weight is 383 g/mol. The van der Waals surface area contributed by atoms with Gasteiger partial charge in [-0.2, -0.15) is 4.31 Å². The van der Waals surface area contributed by atoms with Crippen molar-refractivity contribution in [3.05, 3.63) is 18.0 Å². The highest BCUT2D eigenvalue weighted by molar-refractivity contribution is 7.89. The minimum Gasteiger partial charge on any atom is -0.480 e. The molecule has 1 unspecified atom stereocenters. The van der Waals surface area contributed by atoms with E-state index in [4.69, 9.17) is 0 Å². The number of aromatic nitrogens is 1. The Morgan fingerprint density at radius 2 is 1.88 bits per heavy atom. The standard InChI is InChI=1S/C17H25N3O5S/c1-12-5-3-7-19(10-12)26(24,25)13-9-15(18(2)11-13)16(21)20-8-4-6-14(20)17(22)23/h9,11-12,14H,3-8,10H2,1-2H3,(H,22,23)/t12?,14-/m1/s1. The maximum Gasteiger partial charge on any atom is 0.326 e. The molecule has 1 aromatic heterocycles. The molecule has 0 aliphatic carbocycles. The van der Waals surface area contributed by atoms with Crippen LogP contribution in [-0.2, 0) is 21.9 Å². The SMILES string of the molecule is CC1CCCN(S(=O)(=O)c2cc(C(=O)N3CCC[C@@H]3C(=O)O)n(C)c2)C1. The van der Waals surface area contributed by atoms with Gasteiger partial charge < -0.3 is 14.6 Å². The molecule has 26 heavy (non-hydrogen) atoms. The van der Waals surface area contributed by atoms with Crippen LogP contribution in [0, 0.1) is 5.92 Å². The topological polar surface area (TPSA) is 99.9 Å². The fourth-order valence-corrected chi connectivity index (χ4v) is 5.49. The molecule has 1 N–H and O–H groups in total. The summed E-state index contributed by atoms with van der Waals surface area (Å²) in [5.41, 5.74) is 0.196. The Morgan fingerprint density at radius 3 is 2.54 bits per heavy atom. The quantitative estimate of drug-likeness (QED) is 0.840. The Morgan fingerprint density at radius 1 is 1.19 bits per heavy atom. The van der Waals surface area contributed by atoms with Crippen molar-refractivity contribution in [1.29, 1.82) is 0 Å². The van der Waals surface area contributed by atoms with Gasteiger partial charge in [-0.3, -0.25) is 4.79 Å². The van der Waals surface area contributed by atoms with Gasteiger partial charge in [0, 0.05) is 32.9 Å². The van der Waals surface area contributed by atoms with Gasteiger partial charge in [0.1, 0.15) is 16.6 Å². The van der Waals surface area contributed by atoms with Gasteiger partial charge in [-0.05, 0) is 37.7 Å². The molecule has 2 fully saturated rings. The number of hydrogen-bond donors (Lipinski definition) is 1. The normalized spacial score (nSPS) is 24.8. The number of piperidine rings is 1.